The standard InChI is InChI=1S/C23H25ClN4O3S/c1-16-10-11-19(32(30,31)27(3)4)14-21(16)25-22(29)13-12-20-17(2)26-28(23(20)24)15-18-8-6-5-7-9-18/h5-14H,15H2,1-4H3,(H,25,29)/b13-12+. The SMILES string of the molecule is Cc1ccc(S(=O)(=O)N(C)C)cc1NC(=O)/C=C/c1c(C)nn(Cc2ccccc2)c1Cl. The van der Waals surface area contributed by atoms with Gasteiger partial charge in [-0.3, -0.25) is 4.79 Å². The van der Waals surface area contributed by atoms with Crippen LogP contribution >= 0.6 is 11.6 Å². The third kappa shape index (κ3) is 5.27. The highest BCUT2D eigenvalue weighted by Crippen LogP contribution is 2.24. The summed E-state index contributed by atoms with van der Waals surface area (Å²) >= 11 is 6.50. The van der Waals surface area contributed by atoms with E-state index in [0.29, 0.717) is 28.6 Å². The van der Waals surface area contributed by atoms with Gasteiger partial charge in [-0.15, -0.1) is 0 Å². The average Bonchev–Trinajstić information content (AvgIpc) is 3.01. The molecule has 0 atom stereocenters. The van der Waals surface area contributed by atoms with E-state index in [9.17, 15) is 13.2 Å². The minimum Gasteiger partial charge on any atom is -0.322 e. The van der Waals surface area contributed by atoms with Crippen molar-refractivity contribution in [3.05, 3.63) is 82.1 Å². The Kier molecular flexibility index (Phi) is 7.18. The van der Waals surface area contributed by atoms with Gasteiger partial charge in [0.25, 0.3) is 0 Å². The Labute approximate surface area is 193 Å². The van der Waals surface area contributed by atoms with E-state index in [-0.39, 0.29) is 4.90 Å². The number of rotatable bonds is 7. The molecule has 9 heteroatoms. The van der Waals surface area contributed by atoms with Gasteiger partial charge >= 0.3 is 0 Å². The number of aromatic nitrogens is 2. The summed E-state index contributed by atoms with van der Waals surface area (Å²) < 4.78 is 27.6. The maximum absolute atomic E-state index is 12.5. The van der Waals surface area contributed by atoms with Gasteiger partial charge in [-0.05, 0) is 43.2 Å². The first-order valence-corrected chi connectivity index (χ1v) is 11.7. The zero-order valence-electron chi connectivity index (χ0n) is 18.3. The molecule has 7 nitrogen and oxygen atoms in total. The highest BCUT2D eigenvalue weighted by atomic mass is 35.5. The highest BCUT2D eigenvalue weighted by Gasteiger charge is 2.18. The van der Waals surface area contributed by atoms with Crippen LogP contribution in [0.1, 0.15) is 22.4 Å². The lowest BCUT2D eigenvalue weighted by atomic mass is 10.2. The van der Waals surface area contributed by atoms with Crippen LogP contribution < -0.4 is 5.32 Å². The van der Waals surface area contributed by atoms with E-state index >= 15 is 0 Å². The van der Waals surface area contributed by atoms with Crippen LogP contribution in [-0.2, 0) is 21.4 Å². The van der Waals surface area contributed by atoms with Gasteiger partial charge in [-0.1, -0.05) is 48.0 Å². The Hall–Kier alpha value is -2.94. The Bertz CT molecular complexity index is 1270. The van der Waals surface area contributed by atoms with Crippen molar-refractivity contribution in [1.82, 2.24) is 14.1 Å². The first-order valence-electron chi connectivity index (χ1n) is 9.88. The summed E-state index contributed by atoms with van der Waals surface area (Å²) in [6.07, 6.45) is 2.96. The van der Waals surface area contributed by atoms with Crippen molar-refractivity contribution in [3.8, 4) is 0 Å². The number of aryl methyl sites for hydroxylation is 2. The molecular formula is C23H25ClN4O3S. The maximum atomic E-state index is 12.5. The Balaban J connectivity index is 1.78. The van der Waals surface area contributed by atoms with Crippen molar-refractivity contribution < 1.29 is 13.2 Å². The number of sulfonamides is 1. The van der Waals surface area contributed by atoms with Crippen molar-refractivity contribution in [2.24, 2.45) is 0 Å². The van der Waals surface area contributed by atoms with Gasteiger partial charge in [-0.25, -0.2) is 17.4 Å². The van der Waals surface area contributed by atoms with Gasteiger partial charge in [0.2, 0.25) is 15.9 Å². The first-order chi connectivity index (χ1) is 15.1. The molecule has 0 aliphatic rings. The molecule has 168 valence electrons. The molecule has 0 radical (unpaired) electrons. The molecular weight excluding hydrogens is 448 g/mol. The maximum Gasteiger partial charge on any atom is 0.248 e. The number of nitrogens with one attached hydrogen (secondary N) is 1. The van der Waals surface area contributed by atoms with Crippen LogP contribution in [0.2, 0.25) is 5.15 Å². The number of amides is 1. The van der Waals surface area contributed by atoms with Gasteiger partial charge in [0.05, 0.1) is 17.1 Å². The molecule has 0 spiro atoms. The molecule has 1 amide bonds. The van der Waals surface area contributed by atoms with E-state index in [1.165, 1.54) is 32.3 Å². The van der Waals surface area contributed by atoms with Gasteiger partial charge in [0, 0.05) is 31.4 Å². The second kappa shape index (κ2) is 9.68. The Morgan fingerprint density at radius 2 is 1.84 bits per heavy atom. The number of hydrogen-bond acceptors (Lipinski definition) is 4. The van der Waals surface area contributed by atoms with Gasteiger partial charge in [-0.2, -0.15) is 5.10 Å². The van der Waals surface area contributed by atoms with Crippen LogP contribution in [0.3, 0.4) is 0 Å². The fourth-order valence-electron chi connectivity index (χ4n) is 3.06. The van der Waals surface area contributed by atoms with Crippen LogP contribution in [0, 0.1) is 13.8 Å². The monoisotopic (exact) mass is 472 g/mol. The zero-order chi connectivity index (χ0) is 23.5. The second-order valence-electron chi connectivity index (χ2n) is 7.52. The van der Waals surface area contributed by atoms with Crippen molar-refractivity contribution in [2.75, 3.05) is 19.4 Å². The van der Waals surface area contributed by atoms with Crippen molar-refractivity contribution in [3.63, 3.8) is 0 Å². The molecule has 2 aromatic carbocycles. The smallest absolute Gasteiger partial charge is 0.248 e. The molecule has 1 N–H and O–H groups in total. The van der Waals surface area contributed by atoms with E-state index in [1.807, 2.05) is 37.3 Å². The summed E-state index contributed by atoms with van der Waals surface area (Å²) in [4.78, 5) is 12.6. The van der Waals surface area contributed by atoms with Crippen molar-refractivity contribution in [1.29, 1.82) is 0 Å². The Morgan fingerprint density at radius 3 is 2.50 bits per heavy atom. The molecule has 0 fully saturated rings. The molecule has 1 aromatic heterocycles. The lowest BCUT2D eigenvalue weighted by molar-refractivity contribution is -0.111. The van der Waals surface area contributed by atoms with Gasteiger partial charge < -0.3 is 5.32 Å². The summed E-state index contributed by atoms with van der Waals surface area (Å²) in [5, 5.41) is 7.64. The molecule has 3 rings (SSSR count). The lowest BCUT2D eigenvalue weighted by Gasteiger charge is -2.14. The number of nitrogens with zero attached hydrogens (tertiary/aromatic N) is 3. The normalized spacial score (nSPS) is 11.9. The Morgan fingerprint density at radius 1 is 1.16 bits per heavy atom. The average molecular weight is 473 g/mol. The molecule has 3 aromatic rings. The van der Waals surface area contributed by atoms with Crippen LogP contribution in [0.4, 0.5) is 5.69 Å². The van der Waals surface area contributed by atoms with Crippen LogP contribution in [0.5, 0.6) is 0 Å². The molecule has 0 bridgehead atoms. The second-order valence-corrected chi connectivity index (χ2v) is 10.0. The third-order valence-electron chi connectivity index (χ3n) is 4.93. The summed E-state index contributed by atoms with van der Waals surface area (Å²) in [6.45, 7) is 4.14. The number of anilines is 1. The van der Waals surface area contributed by atoms with Gasteiger partial charge in [0.1, 0.15) is 5.15 Å². The molecule has 0 saturated carbocycles. The van der Waals surface area contributed by atoms with Crippen LogP contribution in [-0.4, -0.2) is 42.5 Å². The molecule has 1 heterocycles. The highest BCUT2D eigenvalue weighted by molar-refractivity contribution is 7.89. The molecule has 0 unspecified atom stereocenters. The van der Waals surface area contributed by atoms with E-state index in [2.05, 4.69) is 10.4 Å². The minimum absolute atomic E-state index is 0.105. The summed E-state index contributed by atoms with van der Waals surface area (Å²) in [5.74, 6) is -0.404. The van der Waals surface area contributed by atoms with E-state index in [1.54, 1.807) is 23.7 Å². The third-order valence-corrected chi connectivity index (χ3v) is 7.14. The number of hydrogen-bond donors (Lipinski definition) is 1. The number of halogens is 1. The lowest BCUT2D eigenvalue weighted by Crippen LogP contribution is -2.22. The fraction of sp³-hybridized carbons (Fsp3) is 0.217. The summed E-state index contributed by atoms with van der Waals surface area (Å²) in [7, 11) is -0.689. The zero-order valence-corrected chi connectivity index (χ0v) is 19.9. The molecule has 0 aliphatic carbocycles. The van der Waals surface area contributed by atoms with Crippen molar-refractivity contribution >= 4 is 39.3 Å². The van der Waals surface area contributed by atoms with E-state index in [4.69, 9.17) is 11.6 Å². The summed E-state index contributed by atoms with van der Waals surface area (Å²) in [6, 6.07) is 14.4. The minimum atomic E-state index is -3.61. The molecule has 0 saturated heterocycles. The van der Waals surface area contributed by atoms with E-state index in [0.717, 1.165) is 15.4 Å². The predicted molar refractivity (Wildman–Crippen MR) is 127 cm³/mol. The van der Waals surface area contributed by atoms with Crippen molar-refractivity contribution in [2.45, 2.75) is 25.3 Å². The largest absolute Gasteiger partial charge is 0.322 e. The number of carbonyl (C=O) groups is 1. The van der Waals surface area contributed by atoms with Crippen LogP contribution in [0.15, 0.2) is 59.5 Å². The van der Waals surface area contributed by atoms with E-state index < -0.39 is 15.9 Å². The quantitative estimate of drug-likeness (QED) is 0.524. The predicted octanol–water partition coefficient (Wildman–Crippen LogP) is 4.10. The van der Waals surface area contributed by atoms with Crippen LogP contribution in [0.25, 0.3) is 6.08 Å². The fourth-order valence-corrected chi connectivity index (χ4v) is 4.28. The number of benzene rings is 2. The molecule has 0 aliphatic heterocycles. The molecule has 32 heavy (non-hydrogen) atoms. The summed E-state index contributed by atoms with van der Waals surface area (Å²) in [5.41, 5.74) is 3.58. The number of carbonyl (C=O) groups excluding carboxylic acids is 1. The topological polar surface area (TPSA) is 84.3 Å². The van der Waals surface area contributed by atoms with Gasteiger partial charge in [0.15, 0.2) is 0 Å². The first kappa shape index (κ1) is 23.7.